The lowest BCUT2D eigenvalue weighted by atomic mass is 10.2. The molecule has 0 fully saturated rings. The average Bonchev–Trinajstić information content (AvgIpc) is 2.86. The molecule has 1 amide bonds. The SMILES string of the molecule is CNC(=O)Cn1c(=O)nc(Nc2ccc(Oc3cccc(F)n3)cc2)n(Cc2ccc(Cl)cc2)c1=O. The van der Waals surface area contributed by atoms with Crippen molar-refractivity contribution in [1.29, 1.82) is 0 Å². The summed E-state index contributed by atoms with van der Waals surface area (Å²) in [5.41, 5.74) is -0.374. The summed E-state index contributed by atoms with van der Waals surface area (Å²) in [7, 11) is 1.40. The summed E-state index contributed by atoms with van der Waals surface area (Å²) >= 11 is 5.96. The summed E-state index contributed by atoms with van der Waals surface area (Å²) in [6, 6.07) is 17.5. The van der Waals surface area contributed by atoms with E-state index in [1.807, 2.05) is 0 Å². The van der Waals surface area contributed by atoms with Crippen molar-refractivity contribution in [3.63, 3.8) is 0 Å². The zero-order chi connectivity index (χ0) is 25.7. The van der Waals surface area contributed by atoms with Gasteiger partial charge >= 0.3 is 11.4 Å². The quantitative estimate of drug-likeness (QED) is 0.350. The third-order valence-electron chi connectivity index (χ3n) is 5.01. The van der Waals surface area contributed by atoms with Crippen molar-refractivity contribution >= 4 is 29.1 Å². The molecule has 0 aliphatic heterocycles. The first kappa shape index (κ1) is 24.6. The fraction of sp³-hybridized carbons (Fsp3) is 0.125. The van der Waals surface area contributed by atoms with Gasteiger partial charge in [-0.2, -0.15) is 14.4 Å². The van der Waals surface area contributed by atoms with Crippen molar-refractivity contribution in [2.75, 3.05) is 12.4 Å². The Morgan fingerprint density at radius 2 is 1.72 bits per heavy atom. The minimum Gasteiger partial charge on any atom is -0.439 e. The van der Waals surface area contributed by atoms with Gasteiger partial charge in [0, 0.05) is 23.8 Å². The van der Waals surface area contributed by atoms with E-state index in [-0.39, 0.29) is 18.4 Å². The molecule has 36 heavy (non-hydrogen) atoms. The minimum absolute atomic E-state index is 0.0198. The molecule has 184 valence electrons. The number of nitrogens with one attached hydrogen (secondary N) is 2. The smallest absolute Gasteiger partial charge is 0.355 e. The number of anilines is 2. The van der Waals surface area contributed by atoms with Crippen LogP contribution in [0.25, 0.3) is 0 Å². The van der Waals surface area contributed by atoms with Gasteiger partial charge in [0.2, 0.25) is 23.7 Å². The fourth-order valence-corrected chi connectivity index (χ4v) is 3.33. The number of carbonyl (C=O) groups is 1. The van der Waals surface area contributed by atoms with E-state index in [1.54, 1.807) is 48.5 Å². The predicted octanol–water partition coefficient (Wildman–Crippen LogP) is 2.92. The number of ether oxygens (including phenoxy) is 1. The maximum absolute atomic E-state index is 13.3. The van der Waals surface area contributed by atoms with Crippen molar-refractivity contribution in [2.45, 2.75) is 13.1 Å². The van der Waals surface area contributed by atoms with Crippen molar-refractivity contribution in [1.82, 2.24) is 24.4 Å². The van der Waals surface area contributed by atoms with Crippen LogP contribution in [0.2, 0.25) is 5.02 Å². The number of likely N-dealkylation sites (N-methyl/N-ethyl adjacent to an activating group) is 1. The van der Waals surface area contributed by atoms with Crippen LogP contribution in [0.15, 0.2) is 76.3 Å². The van der Waals surface area contributed by atoms with Crippen LogP contribution in [0.1, 0.15) is 5.56 Å². The van der Waals surface area contributed by atoms with Crippen molar-refractivity contribution in [3.05, 3.63) is 104 Å². The third kappa shape index (κ3) is 5.94. The summed E-state index contributed by atoms with van der Waals surface area (Å²) in [6.07, 6.45) is 0. The Hall–Kier alpha value is -4.51. The molecular formula is C24H20ClFN6O4. The van der Waals surface area contributed by atoms with E-state index >= 15 is 0 Å². The lowest BCUT2D eigenvalue weighted by molar-refractivity contribution is -0.121. The summed E-state index contributed by atoms with van der Waals surface area (Å²) in [4.78, 5) is 45.3. The molecule has 4 rings (SSSR count). The Balaban J connectivity index is 1.65. The largest absolute Gasteiger partial charge is 0.439 e. The first-order valence-corrected chi connectivity index (χ1v) is 11.0. The zero-order valence-corrected chi connectivity index (χ0v) is 19.7. The van der Waals surface area contributed by atoms with Crippen LogP contribution in [-0.2, 0) is 17.9 Å². The highest BCUT2D eigenvalue weighted by atomic mass is 35.5. The molecule has 4 aromatic rings. The molecule has 0 radical (unpaired) electrons. The first-order valence-electron chi connectivity index (χ1n) is 10.7. The molecule has 12 heteroatoms. The summed E-state index contributed by atoms with van der Waals surface area (Å²) in [5.74, 6) is -0.714. The number of aromatic nitrogens is 4. The van der Waals surface area contributed by atoms with Crippen molar-refractivity contribution in [3.8, 4) is 11.6 Å². The molecule has 0 aliphatic carbocycles. The number of nitrogens with zero attached hydrogens (tertiary/aromatic N) is 4. The zero-order valence-electron chi connectivity index (χ0n) is 18.9. The van der Waals surface area contributed by atoms with Gasteiger partial charge in [-0.1, -0.05) is 29.8 Å². The van der Waals surface area contributed by atoms with Gasteiger partial charge in [-0.25, -0.2) is 14.2 Å². The van der Waals surface area contributed by atoms with E-state index in [1.165, 1.54) is 29.8 Å². The molecular weight excluding hydrogens is 491 g/mol. The number of hydrogen-bond donors (Lipinski definition) is 2. The molecule has 2 aromatic carbocycles. The molecule has 2 aromatic heterocycles. The maximum Gasteiger partial charge on any atom is 0.355 e. The van der Waals surface area contributed by atoms with Crippen LogP contribution in [-0.4, -0.2) is 32.1 Å². The lowest BCUT2D eigenvalue weighted by Crippen LogP contribution is -2.45. The molecule has 0 aliphatic rings. The van der Waals surface area contributed by atoms with Gasteiger partial charge in [-0.15, -0.1) is 0 Å². The van der Waals surface area contributed by atoms with Gasteiger partial charge in [0.05, 0.1) is 6.54 Å². The first-order chi connectivity index (χ1) is 17.3. The molecule has 0 saturated heterocycles. The number of hydrogen-bond acceptors (Lipinski definition) is 7. The van der Waals surface area contributed by atoms with E-state index in [4.69, 9.17) is 16.3 Å². The van der Waals surface area contributed by atoms with E-state index in [2.05, 4.69) is 20.6 Å². The van der Waals surface area contributed by atoms with Crippen LogP contribution in [0, 0.1) is 5.95 Å². The molecule has 2 heterocycles. The predicted molar refractivity (Wildman–Crippen MR) is 131 cm³/mol. The van der Waals surface area contributed by atoms with Gasteiger partial charge in [0.25, 0.3) is 0 Å². The van der Waals surface area contributed by atoms with Gasteiger partial charge in [-0.3, -0.25) is 9.36 Å². The summed E-state index contributed by atoms with van der Waals surface area (Å²) < 4.78 is 20.8. The van der Waals surface area contributed by atoms with Gasteiger partial charge < -0.3 is 15.4 Å². The van der Waals surface area contributed by atoms with Crippen LogP contribution in [0.5, 0.6) is 11.6 Å². The highest BCUT2D eigenvalue weighted by Gasteiger charge is 2.16. The van der Waals surface area contributed by atoms with E-state index in [0.29, 0.717) is 16.5 Å². The van der Waals surface area contributed by atoms with Crippen LogP contribution < -0.4 is 26.7 Å². The third-order valence-corrected chi connectivity index (χ3v) is 5.26. The highest BCUT2D eigenvalue weighted by Crippen LogP contribution is 2.23. The summed E-state index contributed by atoms with van der Waals surface area (Å²) in [5, 5.41) is 5.87. The van der Waals surface area contributed by atoms with Crippen LogP contribution >= 0.6 is 11.6 Å². The van der Waals surface area contributed by atoms with E-state index in [9.17, 15) is 18.8 Å². The normalized spacial score (nSPS) is 10.6. The number of rotatable bonds is 8. The Morgan fingerprint density at radius 3 is 2.39 bits per heavy atom. The number of halogens is 2. The van der Waals surface area contributed by atoms with Gasteiger partial charge in [0.1, 0.15) is 12.3 Å². The van der Waals surface area contributed by atoms with Crippen LogP contribution in [0.3, 0.4) is 0 Å². The number of pyridine rings is 1. The fourth-order valence-electron chi connectivity index (χ4n) is 3.20. The standard InChI is InChI=1S/C24H20ClFN6O4/c1-27-20(33)14-32-23(34)30-22(31(24(32)35)13-15-5-7-16(25)8-6-15)28-17-9-11-18(12-10-17)36-21-4-2-3-19(26)29-21/h2-12H,13-14H2,1H3,(H,27,33)(H,28,30,34). The average molecular weight is 511 g/mol. The lowest BCUT2D eigenvalue weighted by Gasteiger charge is -2.16. The number of amides is 1. The molecule has 0 spiro atoms. The Labute approximate surface area is 209 Å². The van der Waals surface area contributed by atoms with Crippen molar-refractivity contribution < 1.29 is 13.9 Å². The topological polar surface area (TPSA) is 120 Å². The van der Waals surface area contributed by atoms with Gasteiger partial charge in [0.15, 0.2) is 0 Å². The van der Waals surface area contributed by atoms with E-state index < -0.39 is 29.8 Å². The second kappa shape index (κ2) is 10.8. The summed E-state index contributed by atoms with van der Waals surface area (Å²) in [6.45, 7) is -0.409. The molecule has 0 atom stereocenters. The molecule has 0 bridgehead atoms. The Kier molecular flexibility index (Phi) is 7.40. The Bertz CT molecular complexity index is 1500. The number of carbonyl (C=O) groups excluding carboxylic acids is 1. The van der Waals surface area contributed by atoms with Crippen LogP contribution in [0.4, 0.5) is 16.0 Å². The number of benzene rings is 2. The second-order valence-corrected chi connectivity index (χ2v) is 7.96. The monoisotopic (exact) mass is 510 g/mol. The second-order valence-electron chi connectivity index (χ2n) is 7.52. The minimum atomic E-state index is -0.879. The maximum atomic E-state index is 13.3. The molecule has 10 nitrogen and oxygen atoms in total. The molecule has 2 N–H and O–H groups in total. The van der Waals surface area contributed by atoms with Crippen molar-refractivity contribution in [2.24, 2.45) is 0 Å². The van der Waals surface area contributed by atoms with Gasteiger partial charge in [-0.05, 0) is 48.0 Å². The molecule has 0 saturated carbocycles. The Morgan fingerprint density at radius 1 is 1.00 bits per heavy atom. The van der Waals surface area contributed by atoms with E-state index in [0.717, 1.165) is 10.1 Å². The molecule has 0 unspecified atom stereocenters. The highest BCUT2D eigenvalue weighted by molar-refractivity contribution is 6.30.